The van der Waals surface area contributed by atoms with Crippen LogP contribution in [-0.4, -0.2) is 28.6 Å². The van der Waals surface area contributed by atoms with Crippen LogP contribution >= 0.6 is 0 Å². The molecule has 1 fully saturated rings. The Bertz CT molecular complexity index is 443. The smallest absolute Gasteiger partial charge is 0.225 e. The van der Waals surface area contributed by atoms with Gasteiger partial charge in [-0.15, -0.1) is 0 Å². The Balaban J connectivity index is 2.03. The summed E-state index contributed by atoms with van der Waals surface area (Å²) in [6.07, 6.45) is 8.57. The summed E-state index contributed by atoms with van der Waals surface area (Å²) in [5.74, 6) is 0.911. The van der Waals surface area contributed by atoms with Gasteiger partial charge < -0.3 is 10.2 Å². The van der Waals surface area contributed by atoms with E-state index < -0.39 is 0 Å². The molecule has 2 heterocycles. The molecule has 21 heavy (non-hydrogen) atoms. The standard InChI is InChI=1S/C17H30N4/c1-14-15(13-19-17(2,3)4)12-18-16(20-14)21-10-8-6-5-7-9-11-21/h12,19H,5-11,13H2,1-4H3. The van der Waals surface area contributed by atoms with Crippen LogP contribution in [0.5, 0.6) is 0 Å². The molecule has 1 N–H and O–H groups in total. The fraction of sp³-hybridized carbons (Fsp3) is 0.765. The van der Waals surface area contributed by atoms with Crippen LogP contribution in [0.4, 0.5) is 5.95 Å². The van der Waals surface area contributed by atoms with Gasteiger partial charge in [0.05, 0.1) is 0 Å². The molecule has 4 heteroatoms. The highest BCUT2D eigenvalue weighted by Crippen LogP contribution is 2.17. The maximum atomic E-state index is 4.74. The number of hydrogen-bond acceptors (Lipinski definition) is 4. The second kappa shape index (κ2) is 7.21. The quantitative estimate of drug-likeness (QED) is 0.926. The summed E-state index contributed by atoms with van der Waals surface area (Å²) >= 11 is 0. The molecule has 0 radical (unpaired) electrons. The number of anilines is 1. The van der Waals surface area contributed by atoms with Crippen molar-refractivity contribution >= 4 is 5.95 Å². The number of nitrogens with zero attached hydrogens (tertiary/aromatic N) is 3. The molecule has 1 aliphatic heterocycles. The molecule has 0 atom stereocenters. The van der Waals surface area contributed by atoms with Gasteiger partial charge in [-0.1, -0.05) is 19.3 Å². The lowest BCUT2D eigenvalue weighted by molar-refractivity contribution is 0.423. The molecule has 0 aromatic carbocycles. The van der Waals surface area contributed by atoms with E-state index in [4.69, 9.17) is 4.98 Å². The Morgan fingerprint density at radius 1 is 1.10 bits per heavy atom. The number of nitrogens with one attached hydrogen (secondary N) is 1. The third kappa shape index (κ3) is 5.27. The fourth-order valence-electron chi connectivity index (χ4n) is 2.61. The van der Waals surface area contributed by atoms with Crippen LogP contribution in [0.25, 0.3) is 0 Å². The lowest BCUT2D eigenvalue weighted by atomic mass is 10.1. The van der Waals surface area contributed by atoms with Gasteiger partial charge >= 0.3 is 0 Å². The van der Waals surface area contributed by atoms with Crippen molar-refractivity contribution in [3.8, 4) is 0 Å². The maximum absolute atomic E-state index is 4.74. The van der Waals surface area contributed by atoms with Gasteiger partial charge in [0.1, 0.15) is 0 Å². The van der Waals surface area contributed by atoms with Crippen molar-refractivity contribution in [2.24, 2.45) is 0 Å². The molecule has 1 aromatic rings. The molecule has 1 aliphatic rings. The second-order valence-corrected chi connectivity index (χ2v) is 7.14. The number of hydrogen-bond donors (Lipinski definition) is 1. The Kier molecular flexibility index (Phi) is 5.57. The van der Waals surface area contributed by atoms with Gasteiger partial charge in [-0.25, -0.2) is 9.97 Å². The topological polar surface area (TPSA) is 41.1 Å². The average molecular weight is 290 g/mol. The Morgan fingerprint density at radius 3 is 2.29 bits per heavy atom. The van der Waals surface area contributed by atoms with Crippen molar-refractivity contribution in [1.29, 1.82) is 0 Å². The SMILES string of the molecule is Cc1nc(N2CCCCCCC2)ncc1CNC(C)(C)C. The Hall–Kier alpha value is -1.16. The molecule has 0 unspecified atom stereocenters. The zero-order chi connectivity index (χ0) is 15.3. The lowest BCUT2D eigenvalue weighted by Crippen LogP contribution is -2.35. The Labute approximate surface area is 129 Å². The molecule has 0 aliphatic carbocycles. The lowest BCUT2D eigenvalue weighted by Gasteiger charge is -2.25. The van der Waals surface area contributed by atoms with Crippen molar-refractivity contribution in [3.05, 3.63) is 17.5 Å². The van der Waals surface area contributed by atoms with Crippen molar-refractivity contribution in [1.82, 2.24) is 15.3 Å². The number of rotatable bonds is 3. The molecule has 0 bridgehead atoms. The summed E-state index contributed by atoms with van der Waals surface area (Å²) in [5.41, 5.74) is 2.41. The van der Waals surface area contributed by atoms with Gasteiger partial charge in [0.25, 0.3) is 0 Å². The van der Waals surface area contributed by atoms with E-state index in [1.165, 1.54) is 37.7 Å². The zero-order valence-corrected chi connectivity index (χ0v) is 14.1. The normalized spacial score (nSPS) is 17.4. The molecular formula is C17H30N4. The van der Waals surface area contributed by atoms with Crippen molar-refractivity contribution in [2.75, 3.05) is 18.0 Å². The third-order valence-corrected chi connectivity index (χ3v) is 4.02. The predicted octanol–water partition coefficient (Wildman–Crippen LogP) is 3.44. The van der Waals surface area contributed by atoms with Gasteiger partial charge in [0.2, 0.25) is 5.95 Å². The zero-order valence-electron chi connectivity index (χ0n) is 14.1. The van der Waals surface area contributed by atoms with E-state index in [2.05, 4.69) is 42.9 Å². The summed E-state index contributed by atoms with van der Waals surface area (Å²) < 4.78 is 0. The fourth-order valence-corrected chi connectivity index (χ4v) is 2.61. The van der Waals surface area contributed by atoms with E-state index in [1.54, 1.807) is 0 Å². The molecule has 4 nitrogen and oxygen atoms in total. The van der Waals surface area contributed by atoms with E-state index in [0.717, 1.165) is 31.3 Å². The number of aryl methyl sites for hydroxylation is 1. The largest absolute Gasteiger partial charge is 0.341 e. The van der Waals surface area contributed by atoms with Crippen LogP contribution in [0.15, 0.2) is 6.20 Å². The first-order valence-corrected chi connectivity index (χ1v) is 8.28. The summed E-state index contributed by atoms with van der Waals surface area (Å²) in [6.45, 7) is 11.6. The first kappa shape index (κ1) is 16.2. The summed E-state index contributed by atoms with van der Waals surface area (Å²) in [5, 5.41) is 3.50. The Morgan fingerprint density at radius 2 is 1.71 bits per heavy atom. The van der Waals surface area contributed by atoms with Crippen molar-refractivity contribution < 1.29 is 0 Å². The molecular weight excluding hydrogens is 260 g/mol. The van der Waals surface area contributed by atoms with Gasteiger partial charge in [0, 0.05) is 42.6 Å². The van der Waals surface area contributed by atoms with Gasteiger partial charge in [-0.3, -0.25) is 0 Å². The van der Waals surface area contributed by atoms with Crippen LogP contribution in [0.2, 0.25) is 0 Å². The van der Waals surface area contributed by atoms with E-state index in [-0.39, 0.29) is 5.54 Å². The van der Waals surface area contributed by atoms with E-state index >= 15 is 0 Å². The van der Waals surface area contributed by atoms with Crippen LogP contribution < -0.4 is 10.2 Å². The molecule has 1 aromatic heterocycles. The molecule has 0 saturated carbocycles. The van der Waals surface area contributed by atoms with Gasteiger partial charge in [0.15, 0.2) is 0 Å². The highest BCUT2D eigenvalue weighted by atomic mass is 15.2. The third-order valence-electron chi connectivity index (χ3n) is 4.02. The van der Waals surface area contributed by atoms with Crippen molar-refractivity contribution in [2.45, 2.75) is 71.9 Å². The molecule has 0 spiro atoms. The second-order valence-electron chi connectivity index (χ2n) is 7.14. The minimum Gasteiger partial charge on any atom is -0.341 e. The van der Waals surface area contributed by atoms with Gasteiger partial charge in [-0.2, -0.15) is 0 Å². The van der Waals surface area contributed by atoms with Crippen LogP contribution in [0.1, 0.15) is 64.1 Å². The van der Waals surface area contributed by atoms with Crippen molar-refractivity contribution in [3.63, 3.8) is 0 Å². The van der Waals surface area contributed by atoms with E-state index in [9.17, 15) is 0 Å². The maximum Gasteiger partial charge on any atom is 0.225 e. The number of aromatic nitrogens is 2. The first-order chi connectivity index (χ1) is 9.96. The van der Waals surface area contributed by atoms with Gasteiger partial charge in [-0.05, 0) is 40.5 Å². The summed E-state index contributed by atoms with van der Waals surface area (Å²) in [6, 6.07) is 0. The van der Waals surface area contributed by atoms with Crippen LogP contribution in [0.3, 0.4) is 0 Å². The molecule has 2 rings (SSSR count). The van der Waals surface area contributed by atoms with Crippen LogP contribution in [0, 0.1) is 6.92 Å². The minimum atomic E-state index is 0.119. The highest BCUT2D eigenvalue weighted by Gasteiger charge is 2.14. The first-order valence-electron chi connectivity index (χ1n) is 8.28. The monoisotopic (exact) mass is 290 g/mol. The molecule has 1 saturated heterocycles. The molecule has 118 valence electrons. The predicted molar refractivity (Wildman–Crippen MR) is 88.7 cm³/mol. The van der Waals surface area contributed by atoms with Crippen LogP contribution in [-0.2, 0) is 6.54 Å². The van der Waals surface area contributed by atoms with E-state index in [1.807, 2.05) is 6.20 Å². The average Bonchev–Trinajstić information content (AvgIpc) is 2.36. The summed E-state index contributed by atoms with van der Waals surface area (Å²) in [7, 11) is 0. The minimum absolute atomic E-state index is 0.119. The van der Waals surface area contributed by atoms with E-state index in [0.29, 0.717) is 0 Å². The summed E-state index contributed by atoms with van der Waals surface area (Å²) in [4.78, 5) is 11.7. The highest BCUT2D eigenvalue weighted by molar-refractivity contribution is 5.33. The molecule has 0 amide bonds.